The molecule has 3 nitrogen and oxygen atoms in total. The van der Waals surface area contributed by atoms with Gasteiger partial charge in [0.1, 0.15) is 0 Å². The van der Waals surface area contributed by atoms with Crippen LogP contribution in [0.2, 0.25) is 5.02 Å². The molecular formula is C13H15ClN3. The maximum Gasteiger partial charge on any atom is 0.0945 e. The molecule has 2 aromatic rings. The highest BCUT2D eigenvalue weighted by molar-refractivity contribution is 6.30. The van der Waals surface area contributed by atoms with Crippen LogP contribution in [0, 0.1) is 5.92 Å². The smallest absolute Gasteiger partial charge is 0.0945 e. The minimum absolute atomic E-state index is 0.751. The highest BCUT2D eigenvalue weighted by Crippen LogP contribution is 2.25. The van der Waals surface area contributed by atoms with Crippen molar-refractivity contribution in [3.8, 4) is 0 Å². The van der Waals surface area contributed by atoms with Gasteiger partial charge < -0.3 is 0 Å². The molecule has 89 valence electrons. The molecule has 2 rings (SSSR count). The van der Waals surface area contributed by atoms with Crippen molar-refractivity contribution >= 4 is 11.6 Å². The molecule has 0 saturated heterocycles. The molecule has 0 aliphatic heterocycles. The van der Waals surface area contributed by atoms with E-state index < -0.39 is 0 Å². The number of benzene rings is 1. The van der Waals surface area contributed by atoms with E-state index >= 15 is 0 Å². The Morgan fingerprint density at radius 3 is 2.47 bits per heavy atom. The fourth-order valence-corrected chi connectivity index (χ4v) is 1.90. The van der Waals surface area contributed by atoms with E-state index in [1.165, 1.54) is 5.92 Å². The highest BCUT2D eigenvalue weighted by Gasteiger charge is 2.16. The molecule has 1 radical (unpaired) electrons. The molecule has 0 saturated carbocycles. The number of nitrogens with zero attached hydrogens (tertiary/aromatic N) is 3. The van der Waals surface area contributed by atoms with Crippen molar-refractivity contribution in [3.63, 3.8) is 0 Å². The maximum absolute atomic E-state index is 5.89. The Labute approximate surface area is 106 Å². The molecule has 0 unspecified atom stereocenters. The van der Waals surface area contributed by atoms with Crippen LogP contribution in [0.3, 0.4) is 0 Å². The van der Waals surface area contributed by atoms with Crippen LogP contribution in [0.1, 0.15) is 31.5 Å². The Hall–Kier alpha value is -1.35. The van der Waals surface area contributed by atoms with Gasteiger partial charge >= 0.3 is 0 Å². The Kier molecular flexibility index (Phi) is 3.79. The van der Waals surface area contributed by atoms with Crippen LogP contribution in [-0.4, -0.2) is 15.0 Å². The van der Waals surface area contributed by atoms with E-state index in [1.54, 1.807) is 4.80 Å². The largest absolute Gasteiger partial charge is 0.185 e. The molecule has 0 amide bonds. The first-order valence-corrected chi connectivity index (χ1v) is 6.14. The molecule has 0 atom stereocenters. The van der Waals surface area contributed by atoms with Gasteiger partial charge in [0.2, 0.25) is 0 Å². The summed E-state index contributed by atoms with van der Waals surface area (Å²) in [5, 5.41) is 9.39. The second kappa shape index (κ2) is 5.32. The van der Waals surface area contributed by atoms with E-state index in [0.29, 0.717) is 0 Å². The molecule has 0 aliphatic carbocycles. The van der Waals surface area contributed by atoms with Crippen LogP contribution < -0.4 is 0 Å². The summed E-state index contributed by atoms with van der Waals surface area (Å²) in [4.78, 5) is 1.70. The second-order valence-corrected chi connectivity index (χ2v) is 4.19. The first-order chi connectivity index (χ1) is 8.24. The minimum atomic E-state index is 0.751. The van der Waals surface area contributed by atoms with Gasteiger partial charge in [-0.05, 0) is 31.0 Å². The molecule has 4 heteroatoms. The van der Waals surface area contributed by atoms with Gasteiger partial charge in [-0.3, -0.25) is 0 Å². The molecule has 0 N–H and O–H groups in total. The number of aromatic nitrogens is 3. The van der Waals surface area contributed by atoms with Crippen molar-refractivity contribution in [2.45, 2.75) is 26.8 Å². The van der Waals surface area contributed by atoms with Gasteiger partial charge in [-0.25, -0.2) is 0 Å². The fourth-order valence-electron chi connectivity index (χ4n) is 1.77. The monoisotopic (exact) mass is 248 g/mol. The Morgan fingerprint density at radius 1 is 1.24 bits per heavy atom. The number of rotatable bonds is 4. The quantitative estimate of drug-likeness (QED) is 0.831. The van der Waals surface area contributed by atoms with Gasteiger partial charge in [-0.1, -0.05) is 30.7 Å². The van der Waals surface area contributed by atoms with Crippen molar-refractivity contribution in [3.05, 3.63) is 52.7 Å². The lowest BCUT2D eigenvalue weighted by Crippen LogP contribution is -2.04. The zero-order chi connectivity index (χ0) is 12.3. The molecule has 1 heterocycles. The van der Waals surface area contributed by atoms with Crippen LogP contribution in [0.4, 0.5) is 0 Å². The number of hydrogen-bond acceptors (Lipinski definition) is 2. The first kappa shape index (κ1) is 12.1. The van der Waals surface area contributed by atoms with Crippen molar-refractivity contribution in [2.24, 2.45) is 0 Å². The van der Waals surface area contributed by atoms with Crippen LogP contribution in [-0.2, 0) is 6.54 Å². The second-order valence-electron chi connectivity index (χ2n) is 3.76. The summed E-state index contributed by atoms with van der Waals surface area (Å²) in [5.41, 5.74) is 2.09. The van der Waals surface area contributed by atoms with Crippen LogP contribution in [0.15, 0.2) is 30.5 Å². The van der Waals surface area contributed by atoms with Crippen LogP contribution in [0.5, 0.6) is 0 Å². The SMILES string of the molecule is CC[C](c1ccc(Cl)cc1)c1cnn(CC)n1. The number of hydrogen-bond donors (Lipinski definition) is 0. The van der Waals surface area contributed by atoms with E-state index in [4.69, 9.17) is 11.6 Å². The Morgan fingerprint density at radius 2 is 1.94 bits per heavy atom. The highest BCUT2D eigenvalue weighted by atomic mass is 35.5. The van der Waals surface area contributed by atoms with Gasteiger partial charge in [0, 0.05) is 5.02 Å². The lowest BCUT2D eigenvalue weighted by atomic mass is 9.94. The maximum atomic E-state index is 5.89. The lowest BCUT2D eigenvalue weighted by molar-refractivity contribution is 0.565. The van der Waals surface area contributed by atoms with E-state index in [1.807, 2.05) is 37.4 Å². The van der Waals surface area contributed by atoms with Crippen LogP contribution >= 0.6 is 11.6 Å². The van der Waals surface area contributed by atoms with E-state index in [-0.39, 0.29) is 0 Å². The predicted octanol–water partition coefficient (Wildman–Crippen LogP) is 3.33. The van der Waals surface area contributed by atoms with E-state index in [0.717, 1.165) is 29.2 Å². The van der Waals surface area contributed by atoms with Crippen molar-refractivity contribution in [1.29, 1.82) is 0 Å². The van der Waals surface area contributed by atoms with Gasteiger partial charge in [-0.15, -0.1) is 0 Å². The first-order valence-electron chi connectivity index (χ1n) is 5.76. The minimum Gasteiger partial charge on any atom is -0.185 e. The molecule has 1 aromatic carbocycles. The van der Waals surface area contributed by atoms with E-state index in [9.17, 15) is 0 Å². The molecule has 0 spiro atoms. The van der Waals surface area contributed by atoms with Crippen LogP contribution in [0.25, 0.3) is 0 Å². The molecule has 17 heavy (non-hydrogen) atoms. The normalized spacial score (nSPS) is 11.1. The number of halogens is 1. The molecule has 0 aliphatic rings. The third kappa shape index (κ3) is 2.67. The third-order valence-corrected chi connectivity index (χ3v) is 2.93. The summed E-state index contributed by atoms with van der Waals surface area (Å²) in [6.07, 6.45) is 2.74. The molecular weight excluding hydrogens is 234 g/mol. The summed E-state index contributed by atoms with van der Waals surface area (Å²) in [7, 11) is 0. The van der Waals surface area contributed by atoms with Gasteiger partial charge in [0.25, 0.3) is 0 Å². The predicted molar refractivity (Wildman–Crippen MR) is 68.9 cm³/mol. The summed E-state index contributed by atoms with van der Waals surface area (Å²) < 4.78 is 0. The third-order valence-electron chi connectivity index (χ3n) is 2.67. The molecule has 0 bridgehead atoms. The van der Waals surface area contributed by atoms with Gasteiger partial charge in [0.15, 0.2) is 0 Å². The number of aryl methyl sites for hydroxylation is 1. The van der Waals surface area contributed by atoms with Crippen molar-refractivity contribution in [1.82, 2.24) is 15.0 Å². The Balaban J connectivity index is 2.29. The lowest BCUT2D eigenvalue weighted by Gasteiger charge is -2.11. The summed E-state index contributed by atoms with van der Waals surface area (Å²) >= 11 is 5.89. The fraction of sp³-hybridized carbons (Fsp3) is 0.308. The Bertz CT molecular complexity index is 476. The standard InChI is InChI=1S/C13H15ClN3/c1-3-12(10-5-7-11(14)8-6-10)13-9-15-17(4-2)16-13/h5-9H,3-4H2,1-2H3. The van der Waals surface area contributed by atoms with Crippen molar-refractivity contribution < 1.29 is 0 Å². The zero-order valence-electron chi connectivity index (χ0n) is 10.0. The topological polar surface area (TPSA) is 30.7 Å². The van der Waals surface area contributed by atoms with Gasteiger partial charge in [-0.2, -0.15) is 15.0 Å². The van der Waals surface area contributed by atoms with E-state index in [2.05, 4.69) is 17.1 Å². The molecule has 1 aromatic heterocycles. The summed E-state index contributed by atoms with van der Waals surface area (Å²) in [6, 6.07) is 7.84. The summed E-state index contributed by atoms with van der Waals surface area (Å²) in [5.74, 6) is 1.20. The average molecular weight is 249 g/mol. The zero-order valence-corrected chi connectivity index (χ0v) is 10.8. The van der Waals surface area contributed by atoms with Crippen molar-refractivity contribution in [2.75, 3.05) is 0 Å². The summed E-state index contributed by atoms with van der Waals surface area (Å²) in [6.45, 7) is 4.93. The molecule has 0 fully saturated rings. The van der Waals surface area contributed by atoms with Gasteiger partial charge in [0.05, 0.1) is 24.4 Å². The average Bonchev–Trinajstić information content (AvgIpc) is 2.81.